The highest BCUT2D eigenvalue weighted by molar-refractivity contribution is 5.94. The Hall–Kier alpha value is -1.42. The molecule has 0 aliphatic rings. The second-order valence-electron chi connectivity index (χ2n) is 4.35. The van der Waals surface area contributed by atoms with E-state index in [0.717, 1.165) is 12.8 Å². The zero-order valence-corrected chi connectivity index (χ0v) is 11.1. The lowest BCUT2D eigenvalue weighted by atomic mass is 10.1. The molecular weight excluding hydrogens is 233 g/mol. The molecule has 0 fully saturated rings. The first kappa shape index (κ1) is 14.6. The largest absolute Gasteiger partial charge is 0.383 e. The molecule has 4 heteroatoms. The van der Waals surface area contributed by atoms with E-state index in [-0.39, 0.29) is 17.5 Å². The molecule has 1 aromatic rings. The first-order valence-electron chi connectivity index (χ1n) is 6.15. The summed E-state index contributed by atoms with van der Waals surface area (Å²) < 4.78 is 18.8. The molecule has 1 rings (SSSR count). The Bertz CT molecular complexity index is 401. The molecule has 0 bridgehead atoms. The van der Waals surface area contributed by atoms with Crippen LogP contribution in [-0.4, -0.2) is 25.7 Å². The van der Waals surface area contributed by atoms with Crippen LogP contribution in [0, 0.1) is 12.7 Å². The molecule has 0 heterocycles. The van der Waals surface area contributed by atoms with E-state index in [1.807, 2.05) is 6.92 Å². The summed E-state index contributed by atoms with van der Waals surface area (Å²) in [6.07, 6.45) is 1.75. The van der Waals surface area contributed by atoms with Crippen molar-refractivity contribution in [3.05, 3.63) is 35.1 Å². The summed E-state index contributed by atoms with van der Waals surface area (Å²) in [7, 11) is 1.59. The Labute approximate surface area is 107 Å². The first-order chi connectivity index (χ1) is 8.60. The summed E-state index contributed by atoms with van der Waals surface area (Å²) >= 11 is 0. The summed E-state index contributed by atoms with van der Waals surface area (Å²) in [4.78, 5) is 12.0. The number of hydrogen-bond acceptors (Lipinski definition) is 2. The number of rotatable bonds is 6. The third-order valence-corrected chi connectivity index (χ3v) is 2.78. The van der Waals surface area contributed by atoms with E-state index >= 15 is 0 Å². The van der Waals surface area contributed by atoms with Crippen LogP contribution in [0.15, 0.2) is 18.2 Å². The Kier molecular flexibility index (Phi) is 5.78. The molecule has 0 aliphatic heterocycles. The second kappa shape index (κ2) is 7.11. The third-order valence-electron chi connectivity index (χ3n) is 2.78. The molecule has 1 atom stereocenters. The number of hydrogen-bond donors (Lipinski definition) is 1. The fraction of sp³-hybridized carbons (Fsp3) is 0.500. The van der Waals surface area contributed by atoms with Crippen molar-refractivity contribution in [1.29, 1.82) is 0 Å². The van der Waals surface area contributed by atoms with Gasteiger partial charge in [0.05, 0.1) is 18.2 Å². The topological polar surface area (TPSA) is 38.3 Å². The molecule has 0 saturated heterocycles. The number of carbonyl (C=O) groups is 1. The van der Waals surface area contributed by atoms with Gasteiger partial charge in [0, 0.05) is 7.11 Å². The van der Waals surface area contributed by atoms with E-state index in [9.17, 15) is 9.18 Å². The summed E-state index contributed by atoms with van der Waals surface area (Å²) in [5.41, 5.74) is 0.564. The number of carbonyl (C=O) groups excluding carboxylic acids is 1. The van der Waals surface area contributed by atoms with Crippen LogP contribution in [0.2, 0.25) is 0 Å². The highest BCUT2D eigenvalue weighted by Gasteiger charge is 2.16. The molecule has 18 heavy (non-hydrogen) atoms. The Morgan fingerprint density at radius 1 is 1.50 bits per heavy atom. The summed E-state index contributed by atoms with van der Waals surface area (Å²) in [5.74, 6) is -0.839. The number of halogens is 1. The van der Waals surface area contributed by atoms with Crippen molar-refractivity contribution in [2.24, 2.45) is 0 Å². The summed E-state index contributed by atoms with van der Waals surface area (Å²) in [5, 5.41) is 2.80. The van der Waals surface area contributed by atoms with Gasteiger partial charge in [-0.2, -0.15) is 0 Å². The van der Waals surface area contributed by atoms with E-state index in [1.54, 1.807) is 26.2 Å². The fourth-order valence-corrected chi connectivity index (χ4v) is 1.83. The van der Waals surface area contributed by atoms with Crippen molar-refractivity contribution >= 4 is 5.91 Å². The molecular formula is C14H20FNO2. The van der Waals surface area contributed by atoms with Gasteiger partial charge in [0.25, 0.3) is 5.91 Å². The third kappa shape index (κ3) is 3.81. The van der Waals surface area contributed by atoms with Crippen molar-refractivity contribution in [2.45, 2.75) is 32.7 Å². The smallest absolute Gasteiger partial charge is 0.254 e. The number of amides is 1. The van der Waals surface area contributed by atoms with Crippen molar-refractivity contribution in [3.63, 3.8) is 0 Å². The molecule has 0 spiro atoms. The van der Waals surface area contributed by atoms with E-state index in [4.69, 9.17) is 4.74 Å². The molecule has 0 aliphatic carbocycles. The second-order valence-corrected chi connectivity index (χ2v) is 4.35. The van der Waals surface area contributed by atoms with E-state index in [0.29, 0.717) is 12.2 Å². The van der Waals surface area contributed by atoms with Crippen LogP contribution < -0.4 is 5.32 Å². The standard InChI is InChI=1S/C14H20FNO2/c1-4-6-11(9-18-3)16-14(17)12-8-5-7-10(2)13(12)15/h5,7-8,11H,4,6,9H2,1-3H3,(H,16,17). The molecule has 0 saturated carbocycles. The molecule has 0 radical (unpaired) electrons. The SMILES string of the molecule is CCCC(COC)NC(=O)c1cccc(C)c1F. The number of nitrogens with one attached hydrogen (secondary N) is 1. The van der Waals surface area contributed by atoms with Crippen molar-refractivity contribution in [2.75, 3.05) is 13.7 Å². The number of ether oxygens (including phenoxy) is 1. The quantitative estimate of drug-likeness (QED) is 0.846. The molecule has 1 amide bonds. The molecule has 3 nitrogen and oxygen atoms in total. The normalized spacial score (nSPS) is 12.2. The van der Waals surface area contributed by atoms with Gasteiger partial charge >= 0.3 is 0 Å². The highest BCUT2D eigenvalue weighted by atomic mass is 19.1. The molecule has 100 valence electrons. The van der Waals surface area contributed by atoms with E-state index < -0.39 is 5.82 Å². The maximum Gasteiger partial charge on any atom is 0.254 e. The number of methoxy groups -OCH3 is 1. The predicted molar refractivity (Wildman–Crippen MR) is 69.2 cm³/mol. The van der Waals surface area contributed by atoms with E-state index in [1.165, 1.54) is 6.07 Å². The van der Waals surface area contributed by atoms with Crippen LogP contribution in [-0.2, 0) is 4.74 Å². The van der Waals surface area contributed by atoms with E-state index in [2.05, 4.69) is 5.32 Å². The lowest BCUT2D eigenvalue weighted by Crippen LogP contribution is -2.38. The van der Waals surface area contributed by atoms with Gasteiger partial charge < -0.3 is 10.1 Å². The van der Waals surface area contributed by atoms with Crippen LogP contribution in [0.4, 0.5) is 4.39 Å². The molecule has 1 unspecified atom stereocenters. The van der Waals surface area contributed by atoms with Gasteiger partial charge in [-0.25, -0.2) is 4.39 Å². The summed E-state index contributed by atoms with van der Waals surface area (Å²) in [6.45, 7) is 4.11. The average molecular weight is 253 g/mol. The Morgan fingerprint density at radius 3 is 2.83 bits per heavy atom. The van der Waals surface area contributed by atoms with Gasteiger partial charge in [0.1, 0.15) is 5.82 Å². The van der Waals surface area contributed by atoms with Gasteiger partial charge in [0.15, 0.2) is 0 Å². The predicted octanol–water partition coefficient (Wildman–Crippen LogP) is 2.68. The Balaban J connectivity index is 2.77. The minimum absolute atomic E-state index is 0.0765. The maximum atomic E-state index is 13.8. The van der Waals surface area contributed by atoms with Crippen LogP contribution in [0.5, 0.6) is 0 Å². The number of aryl methyl sites for hydroxylation is 1. The van der Waals surface area contributed by atoms with Gasteiger partial charge in [-0.1, -0.05) is 25.5 Å². The number of benzene rings is 1. The van der Waals surface area contributed by atoms with Gasteiger partial charge in [-0.15, -0.1) is 0 Å². The van der Waals surface area contributed by atoms with Crippen molar-refractivity contribution in [3.8, 4) is 0 Å². The van der Waals surface area contributed by atoms with Crippen LogP contribution in [0.25, 0.3) is 0 Å². The molecule has 1 N–H and O–H groups in total. The summed E-state index contributed by atoms with van der Waals surface area (Å²) in [6, 6.07) is 4.74. The van der Waals surface area contributed by atoms with Crippen LogP contribution in [0.3, 0.4) is 0 Å². The van der Waals surface area contributed by atoms with Crippen molar-refractivity contribution < 1.29 is 13.9 Å². The maximum absolute atomic E-state index is 13.8. The van der Waals surface area contributed by atoms with Crippen molar-refractivity contribution in [1.82, 2.24) is 5.32 Å². The average Bonchev–Trinajstić information content (AvgIpc) is 2.33. The van der Waals surface area contributed by atoms with Crippen LogP contribution >= 0.6 is 0 Å². The first-order valence-corrected chi connectivity index (χ1v) is 6.15. The van der Waals surface area contributed by atoms with Crippen LogP contribution in [0.1, 0.15) is 35.7 Å². The van der Waals surface area contributed by atoms with Gasteiger partial charge in [-0.05, 0) is 25.0 Å². The highest BCUT2D eigenvalue weighted by Crippen LogP contribution is 2.12. The lowest BCUT2D eigenvalue weighted by molar-refractivity contribution is 0.0887. The van der Waals surface area contributed by atoms with Gasteiger partial charge in [0.2, 0.25) is 0 Å². The zero-order valence-electron chi connectivity index (χ0n) is 11.1. The molecule has 1 aromatic carbocycles. The minimum Gasteiger partial charge on any atom is -0.383 e. The van der Waals surface area contributed by atoms with Gasteiger partial charge in [-0.3, -0.25) is 4.79 Å². The lowest BCUT2D eigenvalue weighted by Gasteiger charge is -2.17. The fourth-order valence-electron chi connectivity index (χ4n) is 1.83. The minimum atomic E-state index is -0.456. The zero-order chi connectivity index (χ0) is 13.5. The molecule has 0 aromatic heterocycles. The monoisotopic (exact) mass is 253 g/mol. The Morgan fingerprint density at radius 2 is 2.22 bits per heavy atom.